The highest BCUT2D eigenvalue weighted by atomic mass is 16.6. The molecule has 0 aliphatic carbocycles. The minimum absolute atomic E-state index is 0.0200. The molecule has 3 aromatic rings. The summed E-state index contributed by atoms with van der Waals surface area (Å²) in [7, 11) is 3.22. The molecule has 1 aliphatic rings. The number of nitrogens with zero attached hydrogens (tertiary/aromatic N) is 2. The van der Waals surface area contributed by atoms with Crippen LogP contribution in [0.15, 0.2) is 72.8 Å². The maximum Gasteiger partial charge on any atom is 0.410 e. The van der Waals surface area contributed by atoms with Gasteiger partial charge in [-0.25, -0.2) is 4.79 Å². The summed E-state index contributed by atoms with van der Waals surface area (Å²) in [6, 6.07) is 21.9. The number of likely N-dealkylation sites (N-methyl/N-ethyl adjacent to an activating group) is 2. The fourth-order valence-corrected chi connectivity index (χ4v) is 5.25. The Hall–Kier alpha value is -3.91. The van der Waals surface area contributed by atoms with Crippen molar-refractivity contribution in [2.24, 2.45) is 0 Å². The molecule has 218 valence electrons. The number of hydrogen-bond donors (Lipinski definition) is 1. The van der Waals surface area contributed by atoms with E-state index in [4.69, 9.17) is 9.47 Å². The maximum absolute atomic E-state index is 14.3. The molecule has 1 saturated heterocycles. The highest BCUT2D eigenvalue weighted by Crippen LogP contribution is 2.23. The summed E-state index contributed by atoms with van der Waals surface area (Å²) in [5.41, 5.74) is 1.86. The topological polar surface area (TPSA) is 88.2 Å². The predicted octanol–water partition coefficient (Wildman–Crippen LogP) is 4.59. The van der Waals surface area contributed by atoms with Gasteiger partial charge in [0.15, 0.2) is 0 Å². The molecule has 1 heterocycles. The first-order chi connectivity index (χ1) is 19.7. The standard InChI is InChI=1S/C33H41N3O5/c1-23(2)41-33(39)36(4)30(21-26-16-10-15-25-14-8-9-18-28(25)26)32(38)35(3)29(20-24-12-6-5-7-13-24)31(37)34-22-27-17-11-19-40-27/h5-10,12-16,18,23,27,29-30H,11,17,19-22H2,1-4H3,(H,34,37)/t27?,29-,30-/m1/s1. The molecule has 1 N–H and O–H groups in total. The van der Waals surface area contributed by atoms with Crippen LogP contribution < -0.4 is 5.32 Å². The Morgan fingerprint density at radius 3 is 2.32 bits per heavy atom. The Bertz CT molecular complexity index is 1320. The second-order valence-electron chi connectivity index (χ2n) is 10.9. The largest absolute Gasteiger partial charge is 0.447 e. The lowest BCUT2D eigenvalue weighted by Gasteiger charge is -2.34. The van der Waals surface area contributed by atoms with Crippen LogP contribution in [0.3, 0.4) is 0 Å². The van der Waals surface area contributed by atoms with E-state index in [0.29, 0.717) is 19.6 Å². The molecular weight excluding hydrogens is 518 g/mol. The van der Waals surface area contributed by atoms with Crippen LogP contribution in [0.25, 0.3) is 10.8 Å². The molecule has 8 nitrogen and oxygen atoms in total. The molecule has 0 bridgehead atoms. The molecule has 41 heavy (non-hydrogen) atoms. The van der Waals surface area contributed by atoms with Crippen LogP contribution >= 0.6 is 0 Å². The Morgan fingerprint density at radius 2 is 1.61 bits per heavy atom. The average molecular weight is 560 g/mol. The van der Waals surface area contributed by atoms with Crippen molar-refractivity contribution in [1.29, 1.82) is 0 Å². The van der Waals surface area contributed by atoms with Gasteiger partial charge in [0.2, 0.25) is 11.8 Å². The van der Waals surface area contributed by atoms with E-state index >= 15 is 0 Å². The SMILES string of the molecule is CC(C)OC(=O)N(C)[C@H](Cc1cccc2ccccc12)C(=O)N(C)[C@H](Cc1ccccc1)C(=O)NCC1CCCO1. The Kier molecular flexibility index (Phi) is 10.4. The van der Waals surface area contributed by atoms with Gasteiger partial charge in [-0.1, -0.05) is 72.8 Å². The average Bonchev–Trinajstić information content (AvgIpc) is 3.50. The molecule has 1 unspecified atom stereocenters. The van der Waals surface area contributed by atoms with Crippen LogP contribution in [0.2, 0.25) is 0 Å². The lowest BCUT2D eigenvalue weighted by Crippen LogP contribution is -2.56. The molecule has 3 amide bonds. The molecule has 0 radical (unpaired) electrons. The number of nitrogens with one attached hydrogen (secondary N) is 1. The monoisotopic (exact) mass is 559 g/mol. The Labute approximate surface area is 242 Å². The number of benzene rings is 3. The van der Waals surface area contributed by atoms with Crippen LogP contribution in [0.5, 0.6) is 0 Å². The van der Waals surface area contributed by atoms with Gasteiger partial charge in [-0.15, -0.1) is 0 Å². The molecular formula is C33H41N3O5. The maximum atomic E-state index is 14.3. The zero-order valence-corrected chi connectivity index (χ0v) is 24.4. The highest BCUT2D eigenvalue weighted by molar-refractivity contribution is 5.92. The molecule has 3 atom stereocenters. The van der Waals surface area contributed by atoms with E-state index in [1.165, 1.54) is 9.80 Å². The van der Waals surface area contributed by atoms with Gasteiger partial charge < -0.3 is 19.7 Å². The number of carbonyl (C=O) groups excluding carboxylic acids is 3. The zero-order chi connectivity index (χ0) is 29.4. The molecule has 0 aromatic heterocycles. The van der Waals surface area contributed by atoms with Crippen LogP contribution in [-0.2, 0) is 31.9 Å². The summed E-state index contributed by atoms with van der Waals surface area (Å²) in [4.78, 5) is 43.8. The van der Waals surface area contributed by atoms with Crippen LogP contribution in [-0.4, -0.2) is 79.2 Å². The van der Waals surface area contributed by atoms with Crippen LogP contribution in [0, 0.1) is 0 Å². The fourth-order valence-electron chi connectivity index (χ4n) is 5.25. The third-order valence-corrected chi connectivity index (χ3v) is 7.59. The van der Waals surface area contributed by atoms with Crippen molar-refractivity contribution >= 4 is 28.7 Å². The molecule has 0 spiro atoms. The van der Waals surface area contributed by atoms with Gasteiger partial charge in [-0.2, -0.15) is 0 Å². The van der Waals surface area contributed by atoms with Crippen molar-refractivity contribution in [2.75, 3.05) is 27.2 Å². The molecule has 3 aromatic carbocycles. The number of amides is 3. The molecule has 4 rings (SSSR count). The smallest absolute Gasteiger partial charge is 0.410 e. The minimum atomic E-state index is -0.888. The van der Waals surface area contributed by atoms with Crippen molar-refractivity contribution in [3.8, 4) is 0 Å². The van der Waals surface area contributed by atoms with Gasteiger partial charge in [0.05, 0.1) is 12.2 Å². The van der Waals surface area contributed by atoms with E-state index in [-0.39, 0.29) is 30.4 Å². The van der Waals surface area contributed by atoms with E-state index in [1.54, 1.807) is 27.9 Å². The lowest BCUT2D eigenvalue weighted by atomic mass is 9.96. The molecule has 8 heteroatoms. The third-order valence-electron chi connectivity index (χ3n) is 7.59. The summed E-state index contributed by atoms with van der Waals surface area (Å²) in [6.07, 6.45) is 1.52. The van der Waals surface area contributed by atoms with Gasteiger partial charge in [-0.3, -0.25) is 14.5 Å². The van der Waals surface area contributed by atoms with E-state index in [2.05, 4.69) is 5.32 Å². The van der Waals surface area contributed by atoms with Crippen molar-refractivity contribution < 1.29 is 23.9 Å². The molecule has 0 saturated carbocycles. The number of rotatable bonds is 11. The minimum Gasteiger partial charge on any atom is -0.447 e. The second-order valence-corrected chi connectivity index (χ2v) is 10.9. The lowest BCUT2D eigenvalue weighted by molar-refractivity contribution is -0.142. The van der Waals surface area contributed by atoms with E-state index in [9.17, 15) is 14.4 Å². The first-order valence-corrected chi connectivity index (χ1v) is 14.3. The predicted molar refractivity (Wildman–Crippen MR) is 160 cm³/mol. The van der Waals surface area contributed by atoms with E-state index < -0.39 is 18.2 Å². The van der Waals surface area contributed by atoms with Gasteiger partial charge in [0.1, 0.15) is 12.1 Å². The Morgan fingerprint density at radius 1 is 0.902 bits per heavy atom. The van der Waals surface area contributed by atoms with Gasteiger partial charge in [0.25, 0.3) is 0 Å². The highest BCUT2D eigenvalue weighted by Gasteiger charge is 2.36. The number of ether oxygens (including phenoxy) is 2. The molecule has 1 fully saturated rings. The third kappa shape index (κ3) is 7.85. The van der Waals surface area contributed by atoms with E-state index in [1.807, 2.05) is 72.8 Å². The van der Waals surface area contributed by atoms with Gasteiger partial charge in [-0.05, 0) is 48.6 Å². The fraction of sp³-hybridized carbons (Fsp3) is 0.424. The quantitative estimate of drug-likeness (QED) is 0.371. The Balaban J connectivity index is 1.63. The van der Waals surface area contributed by atoms with Crippen LogP contribution in [0.4, 0.5) is 4.79 Å². The molecule has 1 aliphatic heterocycles. The first-order valence-electron chi connectivity index (χ1n) is 14.3. The number of hydrogen-bond acceptors (Lipinski definition) is 5. The second kappa shape index (κ2) is 14.1. The normalized spacial score (nSPS) is 16.3. The van der Waals surface area contributed by atoms with Crippen LogP contribution in [0.1, 0.15) is 37.8 Å². The number of carbonyl (C=O) groups is 3. The van der Waals surface area contributed by atoms with Crippen molar-refractivity contribution in [3.05, 3.63) is 83.9 Å². The van der Waals surface area contributed by atoms with Crippen molar-refractivity contribution in [2.45, 2.75) is 63.8 Å². The summed E-state index contributed by atoms with van der Waals surface area (Å²) in [5, 5.41) is 5.07. The number of fused-ring (bicyclic) bond motifs is 1. The summed E-state index contributed by atoms with van der Waals surface area (Å²) >= 11 is 0. The van der Waals surface area contributed by atoms with Crippen molar-refractivity contribution in [1.82, 2.24) is 15.1 Å². The first kappa shape index (κ1) is 30.1. The summed E-state index contributed by atoms with van der Waals surface area (Å²) in [5.74, 6) is -0.592. The zero-order valence-electron chi connectivity index (χ0n) is 24.4. The van der Waals surface area contributed by atoms with Crippen molar-refractivity contribution in [3.63, 3.8) is 0 Å². The summed E-state index contributed by atoms with van der Waals surface area (Å²) in [6.45, 7) is 4.63. The van der Waals surface area contributed by atoms with E-state index in [0.717, 1.165) is 34.7 Å². The summed E-state index contributed by atoms with van der Waals surface area (Å²) < 4.78 is 11.2. The van der Waals surface area contributed by atoms with Gasteiger partial charge >= 0.3 is 6.09 Å². The van der Waals surface area contributed by atoms with Gasteiger partial charge in [0, 0.05) is 40.1 Å².